The highest BCUT2D eigenvalue weighted by Crippen LogP contribution is 2.26. The fraction of sp³-hybridized carbons (Fsp3) is 1.00. The highest BCUT2D eigenvalue weighted by Gasteiger charge is 2.43. The molecule has 0 spiro atoms. The van der Waals surface area contributed by atoms with Gasteiger partial charge in [0.15, 0.2) is 0 Å². The molecule has 0 amide bonds. The van der Waals surface area contributed by atoms with Gasteiger partial charge < -0.3 is 10.1 Å². The quantitative estimate of drug-likeness (QED) is 0.714. The third-order valence-corrected chi connectivity index (χ3v) is 2.50. The van der Waals surface area contributed by atoms with Crippen LogP contribution in [-0.2, 0) is 4.74 Å². The summed E-state index contributed by atoms with van der Waals surface area (Å²) < 4.78 is 31.4. The van der Waals surface area contributed by atoms with E-state index in [2.05, 4.69) is 5.32 Å². The highest BCUT2D eigenvalue weighted by atomic mass is 19.3. The van der Waals surface area contributed by atoms with E-state index in [0.717, 1.165) is 0 Å². The van der Waals surface area contributed by atoms with Gasteiger partial charge in [-0.3, -0.25) is 4.90 Å². The van der Waals surface area contributed by atoms with Crippen LogP contribution in [0, 0.1) is 0 Å². The van der Waals surface area contributed by atoms with Gasteiger partial charge in [-0.1, -0.05) is 0 Å². The Bertz CT molecular complexity index is 193. The van der Waals surface area contributed by atoms with E-state index < -0.39 is 5.92 Å². The molecule has 0 atom stereocenters. The summed E-state index contributed by atoms with van der Waals surface area (Å²) in [5.41, 5.74) is -0.226. The van der Waals surface area contributed by atoms with Gasteiger partial charge in [-0.05, 0) is 14.0 Å². The molecule has 0 aliphatic carbocycles. The highest BCUT2D eigenvalue weighted by molar-refractivity contribution is 4.95. The molecule has 0 radical (unpaired) electrons. The zero-order chi connectivity index (χ0) is 10.8. The van der Waals surface area contributed by atoms with E-state index in [1.807, 2.05) is 6.92 Å². The predicted molar refractivity (Wildman–Crippen MR) is 50.7 cm³/mol. The number of likely N-dealkylation sites (tertiary alicyclic amines) is 1. The Morgan fingerprint density at radius 3 is 2.50 bits per heavy atom. The molecule has 1 saturated heterocycles. The largest absolute Gasteiger partial charge is 0.376 e. The van der Waals surface area contributed by atoms with Gasteiger partial charge >= 0.3 is 0 Å². The van der Waals surface area contributed by atoms with Gasteiger partial charge in [-0.15, -0.1) is 0 Å². The first-order valence-corrected chi connectivity index (χ1v) is 4.71. The first-order chi connectivity index (χ1) is 6.41. The Labute approximate surface area is 83.4 Å². The molecule has 0 saturated carbocycles. The summed E-state index contributed by atoms with van der Waals surface area (Å²) in [7, 11) is 3.15. The second kappa shape index (κ2) is 4.08. The van der Waals surface area contributed by atoms with Crippen LogP contribution in [0.1, 0.15) is 6.92 Å². The van der Waals surface area contributed by atoms with Crippen molar-refractivity contribution in [2.24, 2.45) is 0 Å². The van der Waals surface area contributed by atoms with Crippen LogP contribution in [0.25, 0.3) is 0 Å². The van der Waals surface area contributed by atoms with Crippen molar-refractivity contribution in [3.8, 4) is 0 Å². The summed E-state index contributed by atoms with van der Waals surface area (Å²) in [6, 6.07) is 0. The van der Waals surface area contributed by atoms with E-state index in [1.54, 1.807) is 12.0 Å². The first kappa shape index (κ1) is 11.8. The molecule has 0 unspecified atom stereocenters. The lowest BCUT2D eigenvalue weighted by Gasteiger charge is -2.47. The Hall–Kier alpha value is -0.260. The van der Waals surface area contributed by atoms with Crippen LogP contribution in [0.3, 0.4) is 0 Å². The van der Waals surface area contributed by atoms with Crippen LogP contribution < -0.4 is 5.32 Å². The van der Waals surface area contributed by atoms with E-state index in [9.17, 15) is 8.78 Å². The predicted octanol–water partition coefficient (Wildman–Crippen LogP) is 0.562. The third-order valence-electron chi connectivity index (χ3n) is 2.50. The molecular formula is C9H18F2N2O. The normalized spacial score (nSPS) is 22.1. The number of hydrogen-bond donors (Lipinski definition) is 1. The molecule has 1 aliphatic rings. The van der Waals surface area contributed by atoms with Gasteiger partial charge in [0.2, 0.25) is 0 Å². The Balaban J connectivity index is 2.28. The van der Waals surface area contributed by atoms with Crippen molar-refractivity contribution in [3.63, 3.8) is 0 Å². The van der Waals surface area contributed by atoms with E-state index in [1.165, 1.54) is 7.05 Å². The summed E-state index contributed by atoms with van der Waals surface area (Å²) in [4.78, 5) is 1.71. The zero-order valence-corrected chi connectivity index (χ0v) is 8.94. The van der Waals surface area contributed by atoms with E-state index >= 15 is 0 Å². The van der Waals surface area contributed by atoms with Crippen molar-refractivity contribution >= 4 is 0 Å². The molecular weight excluding hydrogens is 190 g/mol. The second-order valence-electron chi connectivity index (χ2n) is 4.19. The van der Waals surface area contributed by atoms with Crippen molar-refractivity contribution in [2.75, 3.05) is 40.3 Å². The van der Waals surface area contributed by atoms with Gasteiger partial charge in [0.05, 0.1) is 18.7 Å². The van der Waals surface area contributed by atoms with Crippen LogP contribution in [-0.4, -0.2) is 56.8 Å². The molecule has 0 aromatic rings. The third kappa shape index (κ3) is 2.87. The molecule has 0 bridgehead atoms. The average molecular weight is 208 g/mol. The Morgan fingerprint density at radius 1 is 1.50 bits per heavy atom. The molecule has 1 heterocycles. The number of ether oxygens (including phenoxy) is 1. The van der Waals surface area contributed by atoms with Crippen LogP contribution in [0.15, 0.2) is 0 Å². The van der Waals surface area contributed by atoms with Crippen molar-refractivity contribution < 1.29 is 13.5 Å². The minimum atomic E-state index is -2.65. The van der Waals surface area contributed by atoms with E-state index in [0.29, 0.717) is 13.1 Å². The molecule has 84 valence electrons. The summed E-state index contributed by atoms with van der Waals surface area (Å²) in [6.45, 7) is 2.64. The van der Waals surface area contributed by atoms with E-state index in [-0.39, 0.29) is 18.7 Å². The maximum atomic E-state index is 13.1. The Morgan fingerprint density at radius 2 is 2.07 bits per heavy atom. The maximum absolute atomic E-state index is 13.1. The molecule has 1 N–H and O–H groups in total. The number of nitrogens with one attached hydrogen (secondary N) is 1. The van der Waals surface area contributed by atoms with Gasteiger partial charge in [0.25, 0.3) is 5.92 Å². The fourth-order valence-electron chi connectivity index (χ4n) is 1.78. The van der Waals surface area contributed by atoms with Gasteiger partial charge in [0.1, 0.15) is 0 Å². The van der Waals surface area contributed by atoms with Crippen LogP contribution in [0.4, 0.5) is 8.78 Å². The molecule has 0 aromatic heterocycles. The topological polar surface area (TPSA) is 24.5 Å². The molecule has 0 aromatic carbocycles. The number of alkyl halides is 2. The molecule has 5 heteroatoms. The molecule has 1 fully saturated rings. The average Bonchev–Trinajstić information content (AvgIpc) is 2.00. The maximum Gasteiger partial charge on any atom is 0.272 e. The molecule has 1 aliphatic heterocycles. The minimum absolute atomic E-state index is 0.188. The van der Waals surface area contributed by atoms with Crippen LogP contribution in [0.5, 0.6) is 0 Å². The Kier molecular flexibility index (Phi) is 3.44. The number of rotatable bonds is 5. The van der Waals surface area contributed by atoms with E-state index in [4.69, 9.17) is 4.74 Å². The number of nitrogens with zero attached hydrogens (tertiary/aromatic N) is 1. The minimum Gasteiger partial charge on any atom is -0.376 e. The van der Waals surface area contributed by atoms with Crippen LogP contribution in [0.2, 0.25) is 0 Å². The van der Waals surface area contributed by atoms with Crippen molar-refractivity contribution in [1.29, 1.82) is 0 Å². The number of hydrogen-bond acceptors (Lipinski definition) is 3. The van der Waals surface area contributed by atoms with Gasteiger partial charge in [0, 0.05) is 20.2 Å². The summed E-state index contributed by atoms with van der Waals surface area (Å²) in [5, 5.41) is 2.49. The first-order valence-electron chi connectivity index (χ1n) is 4.71. The smallest absolute Gasteiger partial charge is 0.272 e. The molecule has 1 rings (SSSR count). The van der Waals surface area contributed by atoms with Crippen molar-refractivity contribution in [3.05, 3.63) is 0 Å². The standard InChI is InChI=1S/C9H18F2N2O/c1-8(14-3)5-13(6-8)7-9(10,11)4-12-2/h12H,4-7H2,1-3H3. The monoisotopic (exact) mass is 208 g/mol. The number of methoxy groups -OCH3 is 1. The lowest BCUT2D eigenvalue weighted by Crippen LogP contribution is -2.63. The lowest BCUT2D eigenvalue weighted by molar-refractivity contribution is -0.141. The fourth-order valence-corrected chi connectivity index (χ4v) is 1.78. The summed E-state index contributed by atoms with van der Waals surface area (Å²) in [5.74, 6) is -2.65. The second-order valence-corrected chi connectivity index (χ2v) is 4.19. The van der Waals surface area contributed by atoms with Crippen molar-refractivity contribution in [2.45, 2.75) is 18.4 Å². The summed E-state index contributed by atoms with van der Waals surface area (Å²) >= 11 is 0. The van der Waals surface area contributed by atoms with Gasteiger partial charge in [-0.25, -0.2) is 8.78 Å². The molecule has 14 heavy (non-hydrogen) atoms. The van der Waals surface area contributed by atoms with Crippen LogP contribution >= 0.6 is 0 Å². The lowest BCUT2D eigenvalue weighted by atomic mass is 9.96. The zero-order valence-electron chi connectivity index (χ0n) is 8.94. The number of halogens is 2. The SMILES string of the molecule is CNCC(F)(F)CN1CC(C)(OC)C1. The van der Waals surface area contributed by atoms with Gasteiger partial charge in [-0.2, -0.15) is 0 Å². The summed E-state index contributed by atoms with van der Waals surface area (Å²) in [6.07, 6.45) is 0. The van der Waals surface area contributed by atoms with Crippen molar-refractivity contribution in [1.82, 2.24) is 10.2 Å². The molecule has 3 nitrogen and oxygen atoms in total.